The fourth-order valence-corrected chi connectivity index (χ4v) is 21.4. The first-order chi connectivity index (χ1) is 55.0. The molecule has 566 valence electrons. The van der Waals surface area contributed by atoms with Crippen molar-refractivity contribution in [3.8, 4) is 22.8 Å². The largest absolute Gasteiger partial charge is 0.497 e. The summed E-state index contributed by atoms with van der Waals surface area (Å²) in [4.78, 5) is 8.10. The average Bonchev–Trinajstić information content (AvgIpc) is 0.834. The topological polar surface area (TPSA) is 137 Å². The van der Waals surface area contributed by atoms with E-state index >= 15 is 0 Å². The number of halogens is 3. The number of pyridine rings is 2. The minimum absolute atomic E-state index is 0. The van der Waals surface area contributed by atoms with Crippen molar-refractivity contribution >= 4 is 158 Å². The van der Waals surface area contributed by atoms with E-state index in [-0.39, 0.29) is 25.9 Å². The Kier molecular flexibility index (Phi) is 37.1. The molecule has 2 aromatic heterocycles. The first-order valence-corrected chi connectivity index (χ1v) is 42.8. The molecule has 16 aromatic rings. The van der Waals surface area contributed by atoms with Crippen LogP contribution in [0, 0.1) is 0 Å². The third-order valence-electron chi connectivity index (χ3n) is 16.7. The second-order valence-corrected chi connectivity index (χ2v) is 34.8. The van der Waals surface area contributed by atoms with Gasteiger partial charge in [0.05, 0.1) is 31.3 Å². The predicted octanol–water partition coefficient (Wildman–Crippen LogP) is 18.2. The molecule has 0 radical (unpaired) electrons. The van der Waals surface area contributed by atoms with Crippen molar-refractivity contribution in [3.63, 3.8) is 0 Å². The summed E-state index contributed by atoms with van der Waals surface area (Å²) in [5.41, 5.74) is 14.3. The van der Waals surface area contributed by atoms with Crippen LogP contribution in [0.5, 0.6) is 11.5 Å². The van der Waals surface area contributed by atoms with Crippen molar-refractivity contribution < 1.29 is 39.9 Å². The van der Waals surface area contributed by atoms with Gasteiger partial charge in [0.1, 0.15) is 16.1 Å². The first kappa shape index (κ1) is 87.0. The van der Waals surface area contributed by atoms with Crippen LogP contribution in [-0.2, 0) is 20.4 Å². The molecule has 17 heteroatoms. The number of nitrogens with zero attached hydrogens (tertiary/aromatic N) is 2. The van der Waals surface area contributed by atoms with E-state index in [0.717, 1.165) is 5.56 Å². The van der Waals surface area contributed by atoms with E-state index in [1.165, 1.54) is 76.8 Å². The van der Waals surface area contributed by atoms with E-state index in [2.05, 4.69) is 390 Å². The molecule has 0 aliphatic carbocycles. The van der Waals surface area contributed by atoms with Crippen LogP contribution in [0.15, 0.2) is 442 Å². The van der Waals surface area contributed by atoms with Gasteiger partial charge in [0.15, 0.2) is 0 Å². The number of methoxy groups -OCH3 is 2. The molecular formula is C96H84BBrCl2N4O4P4Pd. The number of hydrogen-bond donors (Lipinski definition) is 4. The Bertz CT molecular complexity index is 4450. The number of hydrogen-bond acceptors (Lipinski definition) is 8. The Morgan fingerprint density at radius 3 is 0.717 bits per heavy atom. The maximum Gasteiger partial charge on any atom is 0.492 e. The molecule has 0 amide bonds. The molecular weight excluding hydrogens is 1670 g/mol. The second-order valence-electron chi connectivity index (χ2n) is 24.3. The van der Waals surface area contributed by atoms with Gasteiger partial charge in [-0.2, -0.15) is 0 Å². The molecule has 113 heavy (non-hydrogen) atoms. The number of nitrogen functional groups attached to an aromatic ring is 2. The summed E-state index contributed by atoms with van der Waals surface area (Å²) in [6, 6.07) is 146. The number of ether oxygens (including phenoxy) is 2. The van der Waals surface area contributed by atoms with Crippen molar-refractivity contribution in [1.82, 2.24) is 9.97 Å². The van der Waals surface area contributed by atoms with Crippen LogP contribution in [0.25, 0.3) is 11.3 Å². The monoisotopic (exact) mass is 1750 g/mol. The van der Waals surface area contributed by atoms with Crippen molar-refractivity contribution in [2.24, 2.45) is 0 Å². The Balaban J connectivity index is 0.000000153. The van der Waals surface area contributed by atoms with Gasteiger partial charge in [0.2, 0.25) is 0 Å². The molecule has 0 atom stereocenters. The molecule has 16 rings (SSSR count). The van der Waals surface area contributed by atoms with Crippen molar-refractivity contribution in [3.05, 3.63) is 452 Å². The minimum atomic E-state index is -1.56. The zero-order chi connectivity index (χ0) is 78.3. The molecule has 0 unspecified atom stereocenters. The Labute approximate surface area is 702 Å². The summed E-state index contributed by atoms with van der Waals surface area (Å²) in [7, 11) is -0.284. The van der Waals surface area contributed by atoms with E-state index < -0.39 is 38.8 Å². The summed E-state index contributed by atoms with van der Waals surface area (Å²) < 4.78 is 10.8. The smallest absolute Gasteiger partial charge is 0.492 e. The molecule has 0 aliphatic rings. The summed E-state index contributed by atoms with van der Waals surface area (Å²) in [6.45, 7) is 0. The molecule has 14 aromatic carbocycles. The van der Waals surface area contributed by atoms with E-state index in [1.54, 1.807) is 74.1 Å². The fraction of sp³-hybridized carbons (Fsp3) is 0.0208. The van der Waals surface area contributed by atoms with Crippen LogP contribution in [0.1, 0.15) is 0 Å². The predicted molar refractivity (Wildman–Crippen MR) is 490 cm³/mol. The van der Waals surface area contributed by atoms with Gasteiger partial charge < -0.3 is 31.0 Å². The van der Waals surface area contributed by atoms with Gasteiger partial charge in [-0.05, 0) is 172 Å². The Morgan fingerprint density at radius 1 is 0.292 bits per heavy atom. The number of aromatic nitrogens is 2. The average molecular weight is 1750 g/mol. The van der Waals surface area contributed by atoms with Gasteiger partial charge >= 0.3 is 7.12 Å². The molecule has 8 nitrogen and oxygen atoms in total. The molecule has 0 fully saturated rings. The second kappa shape index (κ2) is 48.2. The molecule has 0 bridgehead atoms. The number of anilines is 2. The Morgan fingerprint density at radius 2 is 0.513 bits per heavy atom. The fourth-order valence-electron chi connectivity index (χ4n) is 11.5. The zero-order valence-electron chi connectivity index (χ0n) is 62.1. The molecule has 0 saturated carbocycles. The van der Waals surface area contributed by atoms with Crippen LogP contribution < -0.4 is 90.1 Å². The maximum absolute atomic E-state index is 8.88. The van der Waals surface area contributed by atoms with E-state index in [9.17, 15) is 0 Å². The van der Waals surface area contributed by atoms with Crippen LogP contribution >= 0.6 is 70.8 Å². The summed E-state index contributed by atoms with van der Waals surface area (Å²) >= 11 is 14.8. The zero-order valence-corrected chi connectivity index (χ0v) is 70.4. The van der Waals surface area contributed by atoms with Gasteiger partial charge in [-0.25, -0.2) is 4.98 Å². The van der Waals surface area contributed by atoms with Crippen LogP contribution in [0.2, 0.25) is 10.0 Å². The van der Waals surface area contributed by atoms with E-state index in [0.29, 0.717) is 43.2 Å². The molecule has 0 saturated heterocycles. The minimum Gasteiger partial charge on any atom is -0.497 e. The third-order valence-corrected chi connectivity index (χ3v) is 27.6. The quantitative estimate of drug-likeness (QED) is 0.0427. The SMILES string of the molecule is COc1ccc(Cl)cc1-c1ncccc1N.COc1ccc(Cl)cc1B(O)O.Nc1cccnc1Br.[Pd].c1ccc(P(c2ccccc2)c2ccccc2)cc1.c1ccc(P(c2ccccc2)c2ccccc2)cc1.c1ccc(P(c2ccccc2)c2ccccc2)cc1.c1ccc(P(c2ccccc2)c2ccccc2)cc1. The Hall–Kier alpha value is -9.99. The van der Waals surface area contributed by atoms with E-state index in [4.69, 9.17) is 54.2 Å². The number of benzene rings is 14. The number of rotatable bonds is 16. The van der Waals surface area contributed by atoms with E-state index in [1.807, 2.05) is 0 Å². The van der Waals surface area contributed by atoms with Gasteiger partial charge in [0, 0.05) is 53.9 Å². The summed E-state index contributed by atoms with van der Waals surface area (Å²) in [6.07, 6.45) is 3.37. The summed E-state index contributed by atoms with van der Waals surface area (Å²) in [5, 5.41) is 35.6. The maximum atomic E-state index is 8.88. The van der Waals surface area contributed by atoms with Crippen molar-refractivity contribution in [2.75, 3.05) is 25.7 Å². The normalized spacial score (nSPS) is 10.2. The molecule has 6 N–H and O–H groups in total. The van der Waals surface area contributed by atoms with Gasteiger partial charge in [0.25, 0.3) is 0 Å². The van der Waals surface area contributed by atoms with Gasteiger partial charge in [-0.1, -0.05) is 387 Å². The third kappa shape index (κ3) is 27.1. The molecule has 0 spiro atoms. The van der Waals surface area contributed by atoms with Crippen LogP contribution in [0.4, 0.5) is 11.4 Å². The van der Waals surface area contributed by atoms with Crippen LogP contribution in [-0.4, -0.2) is 41.4 Å². The first-order valence-electron chi connectivity index (χ1n) is 35.9. The standard InChI is InChI=1S/4C18H15P.C12H11ClN2O.C7H8BClO3.C5H5BrN2.Pd/c4*1-4-10-16(11-5-1)19(17-12-6-2-7-13-17)18-14-8-3-9-15-18;1-16-11-5-4-8(13)7-9(11)12-10(14)3-2-6-15-12;1-12-7-3-2-5(9)4-6(7)8(10)11;6-5-4(7)2-1-3-8-5;/h4*1-15H;2-7H,14H2,1H3;2-4,10-11H,1H3;1-3H,7H2;. The van der Waals surface area contributed by atoms with Gasteiger partial charge in [-0.15, -0.1) is 0 Å². The molecule has 2 heterocycles. The number of nitrogens with two attached hydrogens (primary N) is 2. The van der Waals surface area contributed by atoms with Crippen molar-refractivity contribution in [1.29, 1.82) is 0 Å². The molecule has 0 aliphatic heterocycles. The van der Waals surface area contributed by atoms with Crippen molar-refractivity contribution in [2.45, 2.75) is 0 Å². The summed E-state index contributed by atoms with van der Waals surface area (Å²) in [5.74, 6) is 1.12. The van der Waals surface area contributed by atoms with Crippen LogP contribution in [0.3, 0.4) is 0 Å². The van der Waals surface area contributed by atoms with Gasteiger partial charge in [-0.3, -0.25) is 4.98 Å².